The van der Waals surface area contributed by atoms with Crippen LogP contribution in [0.2, 0.25) is 0 Å². The molecule has 1 saturated heterocycles. The average Bonchev–Trinajstić information content (AvgIpc) is 2.69. The summed E-state index contributed by atoms with van der Waals surface area (Å²) in [6, 6.07) is 3.62. The zero-order chi connectivity index (χ0) is 22.5. The number of nitrogens with zero attached hydrogens (tertiary/aromatic N) is 6. The largest absolute Gasteiger partial charge is 0.444 e. The lowest BCUT2D eigenvalue weighted by molar-refractivity contribution is 0.0240. The molecule has 2 amide bonds. The minimum absolute atomic E-state index is 0.0758. The van der Waals surface area contributed by atoms with Gasteiger partial charge in [0.25, 0.3) is 5.91 Å². The van der Waals surface area contributed by atoms with Gasteiger partial charge in [-0.2, -0.15) is 0 Å². The maximum Gasteiger partial charge on any atom is 0.410 e. The molecule has 1 aromatic carbocycles. The van der Waals surface area contributed by atoms with Crippen molar-refractivity contribution < 1.29 is 14.3 Å². The third-order valence-electron chi connectivity index (χ3n) is 5.11. The molecule has 0 saturated carbocycles. The molecule has 0 radical (unpaired) electrons. The number of anilines is 1. The molecule has 0 spiro atoms. The topological polar surface area (TPSA) is 102 Å². The number of hydrogen-bond donors (Lipinski definition) is 0. The zero-order valence-corrected chi connectivity index (χ0v) is 18.8. The van der Waals surface area contributed by atoms with E-state index in [0.717, 1.165) is 5.69 Å². The molecule has 0 atom stereocenters. The first-order valence-corrected chi connectivity index (χ1v) is 10.3. The molecule has 0 N–H and O–H groups in total. The zero-order valence-electron chi connectivity index (χ0n) is 18.8. The normalized spacial score (nSPS) is 14.2. The quantitative estimate of drug-likeness (QED) is 0.401. The van der Waals surface area contributed by atoms with Gasteiger partial charge in [-0.1, -0.05) is 5.11 Å². The third-order valence-corrected chi connectivity index (χ3v) is 5.11. The van der Waals surface area contributed by atoms with Crippen LogP contribution in [0.4, 0.5) is 16.2 Å². The molecule has 1 heterocycles. The minimum Gasteiger partial charge on any atom is -0.444 e. The summed E-state index contributed by atoms with van der Waals surface area (Å²) in [5.74, 6) is -0.0758. The van der Waals surface area contributed by atoms with Gasteiger partial charge in [-0.25, -0.2) is 4.79 Å². The first-order chi connectivity index (χ1) is 14.1. The van der Waals surface area contributed by atoms with E-state index in [0.29, 0.717) is 56.1 Å². The van der Waals surface area contributed by atoms with Gasteiger partial charge in [0.15, 0.2) is 0 Å². The van der Waals surface area contributed by atoms with Gasteiger partial charge in [0.05, 0.1) is 5.69 Å². The summed E-state index contributed by atoms with van der Waals surface area (Å²) in [7, 11) is 0. The van der Waals surface area contributed by atoms with Crippen LogP contribution in [0.15, 0.2) is 17.2 Å². The molecule has 1 aliphatic rings. The lowest BCUT2D eigenvalue weighted by atomic mass is 10.0. The van der Waals surface area contributed by atoms with Crippen LogP contribution in [-0.4, -0.2) is 66.7 Å². The number of carbonyl (C=O) groups excluding carboxylic acids is 2. The second kappa shape index (κ2) is 9.71. The lowest BCUT2D eigenvalue weighted by Crippen LogP contribution is -2.50. The minimum atomic E-state index is -0.534. The number of hydrogen-bond acceptors (Lipinski definition) is 5. The van der Waals surface area contributed by atoms with Gasteiger partial charge in [-0.05, 0) is 64.8 Å². The number of carbonyl (C=O) groups is 2. The standard InChI is InChI=1S/C21H32N6O3/c1-7-25(8-2)19(28)16-9-10-17(18(15(16)3)23-24-22)26-11-13-27(14-12-26)20(29)30-21(4,5)6/h9-10H,7-8,11-14H2,1-6H3. The molecule has 0 aliphatic carbocycles. The molecule has 30 heavy (non-hydrogen) atoms. The smallest absolute Gasteiger partial charge is 0.410 e. The summed E-state index contributed by atoms with van der Waals surface area (Å²) < 4.78 is 5.45. The first kappa shape index (κ1) is 23.3. The van der Waals surface area contributed by atoms with Crippen molar-refractivity contribution in [1.82, 2.24) is 9.80 Å². The summed E-state index contributed by atoms with van der Waals surface area (Å²) in [6.45, 7) is 14.6. The third kappa shape index (κ3) is 5.36. The highest BCUT2D eigenvalue weighted by Crippen LogP contribution is 2.35. The van der Waals surface area contributed by atoms with Crippen molar-refractivity contribution >= 4 is 23.4 Å². The van der Waals surface area contributed by atoms with E-state index in [1.807, 2.05) is 40.7 Å². The predicted molar refractivity (Wildman–Crippen MR) is 117 cm³/mol. The molecule has 2 rings (SSSR count). The van der Waals surface area contributed by atoms with Crippen molar-refractivity contribution in [2.45, 2.75) is 47.1 Å². The van der Waals surface area contributed by atoms with E-state index in [1.165, 1.54) is 0 Å². The van der Waals surface area contributed by atoms with Crippen molar-refractivity contribution in [3.05, 3.63) is 33.7 Å². The Morgan fingerprint density at radius 1 is 1.17 bits per heavy atom. The van der Waals surface area contributed by atoms with Crippen molar-refractivity contribution in [3.8, 4) is 0 Å². The fourth-order valence-corrected chi connectivity index (χ4v) is 3.48. The van der Waals surface area contributed by atoms with Gasteiger partial charge in [0.2, 0.25) is 0 Å². The molecule has 1 aromatic rings. The van der Waals surface area contributed by atoms with Crippen LogP contribution in [0.1, 0.15) is 50.5 Å². The summed E-state index contributed by atoms with van der Waals surface area (Å²) in [5.41, 5.74) is 11.0. The maximum atomic E-state index is 12.8. The molecule has 164 valence electrons. The Morgan fingerprint density at radius 2 is 1.77 bits per heavy atom. The number of amides is 2. The highest BCUT2D eigenvalue weighted by molar-refractivity contribution is 5.98. The molecule has 1 aliphatic heterocycles. The van der Waals surface area contributed by atoms with Crippen molar-refractivity contribution in [2.75, 3.05) is 44.2 Å². The predicted octanol–water partition coefficient (Wildman–Crippen LogP) is 4.48. The van der Waals surface area contributed by atoms with E-state index < -0.39 is 5.60 Å². The van der Waals surface area contributed by atoms with Crippen LogP contribution >= 0.6 is 0 Å². The second-order valence-electron chi connectivity index (χ2n) is 8.23. The Balaban J connectivity index is 2.25. The van der Waals surface area contributed by atoms with Crippen molar-refractivity contribution in [1.29, 1.82) is 0 Å². The Kier molecular flexibility index (Phi) is 7.56. The molecule has 9 nitrogen and oxygen atoms in total. The Hall–Kier alpha value is -2.93. The Bertz CT molecular complexity index is 830. The number of azide groups is 1. The molecular formula is C21H32N6O3. The summed E-state index contributed by atoms with van der Waals surface area (Å²) in [5, 5.41) is 3.90. The SMILES string of the molecule is CCN(CC)C(=O)c1ccc(N2CCN(C(=O)OC(C)(C)C)CC2)c(N=[N+]=[N-])c1C. The summed E-state index contributed by atoms with van der Waals surface area (Å²) >= 11 is 0. The van der Waals surface area contributed by atoms with Gasteiger partial charge in [-0.15, -0.1) is 0 Å². The summed E-state index contributed by atoms with van der Waals surface area (Å²) in [4.78, 5) is 33.6. The maximum absolute atomic E-state index is 12.8. The number of ether oxygens (including phenoxy) is 1. The first-order valence-electron chi connectivity index (χ1n) is 10.3. The van der Waals surface area contributed by atoms with Gasteiger partial charge >= 0.3 is 6.09 Å². The lowest BCUT2D eigenvalue weighted by Gasteiger charge is -2.37. The molecule has 1 fully saturated rings. The monoisotopic (exact) mass is 416 g/mol. The van der Waals surface area contributed by atoms with Gasteiger partial charge < -0.3 is 19.4 Å². The Morgan fingerprint density at radius 3 is 2.27 bits per heavy atom. The van der Waals surface area contributed by atoms with E-state index in [2.05, 4.69) is 14.9 Å². The summed E-state index contributed by atoms with van der Waals surface area (Å²) in [6.07, 6.45) is -0.325. The highest BCUT2D eigenvalue weighted by atomic mass is 16.6. The van der Waals surface area contributed by atoms with Crippen LogP contribution in [0.5, 0.6) is 0 Å². The van der Waals surface area contributed by atoms with Crippen molar-refractivity contribution in [3.63, 3.8) is 0 Å². The molecule has 0 aromatic heterocycles. The fourth-order valence-electron chi connectivity index (χ4n) is 3.48. The van der Waals surface area contributed by atoms with Gasteiger partial charge in [0, 0.05) is 55.4 Å². The van der Waals surface area contributed by atoms with Crippen LogP contribution in [0.3, 0.4) is 0 Å². The van der Waals surface area contributed by atoms with Crippen LogP contribution in [0.25, 0.3) is 10.4 Å². The molecule has 0 unspecified atom stereocenters. The second-order valence-corrected chi connectivity index (χ2v) is 8.23. The number of benzene rings is 1. The van der Waals surface area contributed by atoms with Crippen LogP contribution < -0.4 is 4.90 Å². The highest BCUT2D eigenvalue weighted by Gasteiger charge is 2.27. The molecular weight excluding hydrogens is 384 g/mol. The van der Waals surface area contributed by atoms with Gasteiger partial charge in [0.1, 0.15) is 5.60 Å². The van der Waals surface area contributed by atoms with E-state index in [-0.39, 0.29) is 12.0 Å². The van der Waals surface area contributed by atoms with E-state index in [9.17, 15) is 9.59 Å². The Labute approximate surface area is 178 Å². The average molecular weight is 417 g/mol. The van der Waals surface area contributed by atoms with Crippen LogP contribution in [0, 0.1) is 6.92 Å². The molecule has 9 heteroatoms. The van der Waals surface area contributed by atoms with E-state index in [1.54, 1.807) is 22.8 Å². The fraction of sp³-hybridized carbons (Fsp3) is 0.619. The van der Waals surface area contributed by atoms with Crippen LogP contribution in [-0.2, 0) is 4.74 Å². The van der Waals surface area contributed by atoms with Gasteiger partial charge in [-0.3, -0.25) is 4.79 Å². The molecule has 0 bridgehead atoms. The number of piperazine rings is 1. The van der Waals surface area contributed by atoms with E-state index >= 15 is 0 Å². The number of rotatable bonds is 5. The van der Waals surface area contributed by atoms with E-state index in [4.69, 9.17) is 10.3 Å². The van der Waals surface area contributed by atoms with Crippen molar-refractivity contribution in [2.24, 2.45) is 5.11 Å².